The van der Waals surface area contributed by atoms with Crippen molar-refractivity contribution in [3.05, 3.63) is 28.2 Å². The molecule has 2 unspecified atom stereocenters. The standard InChI is InChI=1S/C16H18Cl2F9O3PSi/c1-31(28,29-11-6-5-9(17)7-10(11)18)30-12(8-32(2,3)4)13(19,20)14(21,22)15(23,24)16(25,26)27/h5-7,12H,8H2,1-4H3. The second-order valence-electron chi connectivity index (χ2n) is 8.07. The highest BCUT2D eigenvalue weighted by Gasteiger charge is 2.83. The molecule has 2 atom stereocenters. The summed E-state index contributed by atoms with van der Waals surface area (Å²) in [6, 6.07) is 2.24. The lowest BCUT2D eigenvalue weighted by atomic mass is 10.00. The average molecular weight is 559 g/mol. The quantitative estimate of drug-likeness (QED) is 0.173. The fourth-order valence-electron chi connectivity index (χ4n) is 2.36. The van der Waals surface area contributed by atoms with E-state index in [-0.39, 0.29) is 10.0 Å². The molecule has 0 radical (unpaired) electrons. The largest absolute Gasteiger partial charge is 0.460 e. The fraction of sp³-hybridized carbons (Fsp3) is 0.625. The highest BCUT2D eigenvalue weighted by Crippen LogP contribution is 2.58. The van der Waals surface area contributed by atoms with Crippen LogP contribution in [-0.4, -0.2) is 44.8 Å². The number of hydrogen-bond donors (Lipinski definition) is 0. The van der Waals surface area contributed by atoms with E-state index in [0.29, 0.717) is 6.66 Å². The Labute approximate surface area is 188 Å². The molecule has 0 saturated carbocycles. The van der Waals surface area contributed by atoms with Crippen LogP contribution in [-0.2, 0) is 9.09 Å². The first-order valence-corrected chi connectivity index (χ1v) is 15.0. The zero-order valence-corrected chi connectivity index (χ0v) is 20.3. The van der Waals surface area contributed by atoms with Crippen molar-refractivity contribution in [2.75, 3.05) is 6.66 Å². The summed E-state index contributed by atoms with van der Waals surface area (Å²) in [5, 5.41) is -0.197. The minimum atomic E-state index is -7.11. The van der Waals surface area contributed by atoms with Crippen molar-refractivity contribution in [1.29, 1.82) is 0 Å². The fourth-order valence-corrected chi connectivity index (χ4v) is 5.68. The molecular formula is C16H18Cl2F9O3PSi. The molecule has 32 heavy (non-hydrogen) atoms. The van der Waals surface area contributed by atoms with Crippen LogP contribution in [0.3, 0.4) is 0 Å². The van der Waals surface area contributed by atoms with Crippen LogP contribution >= 0.6 is 30.8 Å². The first-order chi connectivity index (χ1) is 13.9. The number of halogens is 11. The van der Waals surface area contributed by atoms with Gasteiger partial charge in [0.2, 0.25) is 0 Å². The Morgan fingerprint density at radius 2 is 1.47 bits per heavy atom. The van der Waals surface area contributed by atoms with E-state index in [4.69, 9.17) is 27.7 Å². The Balaban J connectivity index is 3.42. The Morgan fingerprint density at radius 1 is 0.969 bits per heavy atom. The minimum Gasteiger partial charge on any atom is -0.423 e. The van der Waals surface area contributed by atoms with Crippen molar-refractivity contribution >= 4 is 38.9 Å². The molecule has 0 spiro atoms. The summed E-state index contributed by atoms with van der Waals surface area (Å²) >= 11 is 11.4. The molecule has 0 amide bonds. The summed E-state index contributed by atoms with van der Waals surface area (Å²) in [4.78, 5) is 0. The van der Waals surface area contributed by atoms with E-state index >= 15 is 0 Å². The maximum Gasteiger partial charge on any atom is 0.460 e. The normalized spacial score (nSPS) is 17.1. The van der Waals surface area contributed by atoms with E-state index in [1.165, 1.54) is 25.7 Å². The topological polar surface area (TPSA) is 35.5 Å². The predicted octanol–water partition coefficient (Wildman–Crippen LogP) is 8.39. The summed E-state index contributed by atoms with van der Waals surface area (Å²) in [5.41, 5.74) is 0. The van der Waals surface area contributed by atoms with Crippen molar-refractivity contribution in [2.24, 2.45) is 0 Å². The number of hydrogen-bond acceptors (Lipinski definition) is 3. The van der Waals surface area contributed by atoms with Gasteiger partial charge in [-0.3, -0.25) is 4.52 Å². The lowest BCUT2D eigenvalue weighted by Gasteiger charge is -2.39. The van der Waals surface area contributed by atoms with Gasteiger partial charge < -0.3 is 4.52 Å². The zero-order chi connectivity index (χ0) is 25.6. The van der Waals surface area contributed by atoms with E-state index < -0.39 is 57.5 Å². The molecule has 0 heterocycles. The molecule has 1 aromatic rings. The molecule has 186 valence electrons. The number of benzene rings is 1. The highest BCUT2D eigenvalue weighted by molar-refractivity contribution is 7.53. The van der Waals surface area contributed by atoms with Crippen LogP contribution in [0.5, 0.6) is 5.75 Å². The van der Waals surface area contributed by atoms with Gasteiger partial charge in [0.05, 0.1) is 5.02 Å². The molecule has 0 fully saturated rings. The van der Waals surface area contributed by atoms with Gasteiger partial charge in [-0.25, -0.2) is 4.57 Å². The van der Waals surface area contributed by atoms with Gasteiger partial charge in [0.1, 0.15) is 11.9 Å². The summed E-state index contributed by atoms with van der Waals surface area (Å²) < 4.78 is 143. The summed E-state index contributed by atoms with van der Waals surface area (Å²) in [6.07, 6.45) is -10.3. The van der Waals surface area contributed by atoms with Crippen molar-refractivity contribution in [1.82, 2.24) is 0 Å². The van der Waals surface area contributed by atoms with Gasteiger partial charge in [0.25, 0.3) is 0 Å². The van der Waals surface area contributed by atoms with Crippen molar-refractivity contribution in [3.63, 3.8) is 0 Å². The molecule has 1 rings (SSSR count). The first-order valence-electron chi connectivity index (χ1n) is 8.55. The Kier molecular flexibility index (Phi) is 8.46. The summed E-state index contributed by atoms with van der Waals surface area (Å²) in [5.74, 6) is -20.6. The van der Waals surface area contributed by atoms with Crippen LogP contribution in [0.25, 0.3) is 0 Å². The summed E-state index contributed by atoms with van der Waals surface area (Å²) in [6.45, 7) is 4.54. The zero-order valence-electron chi connectivity index (χ0n) is 16.8. The molecule has 0 saturated heterocycles. The molecule has 0 aliphatic rings. The van der Waals surface area contributed by atoms with Crippen LogP contribution < -0.4 is 4.52 Å². The average Bonchev–Trinajstić information content (AvgIpc) is 2.53. The molecule has 3 nitrogen and oxygen atoms in total. The monoisotopic (exact) mass is 558 g/mol. The van der Waals surface area contributed by atoms with Gasteiger partial charge in [-0.05, 0) is 24.2 Å². The Bertz CT molecular complexity index is 875. The molecule has 0 N–H and O–H groups in total. The third-order valence-corrected chi connectivity index (χ3v) is 7.14. The second kappa shape index (κ2) is 9.20. The van der Waals surface area contributed by atoms with Gasteiger partial charge in [-0.2, -0.15) is 39.5 Å². The third kappa shape index (κ3) is 6.49. The number of rotatable bonds is 9. The van der Waals surface area contributed by atoms with E-state index in [1.807, 2.05) is 0 Å². The molecule has 0 aliphatic carbocycles. The lowest BCUT2D eigenvalue weighted by molar-refractivity contribution is -0.403. The van der Waals surface area contributed by atoms with Crippen molar-refractivity contribution < 1.29 is 53.1 Å². The second-order valence-corrected chi connectivity index (χ2v) is 16.4. The van der Waals surface area contributed by atoms with E-state index in [1.54, 1.807) is 0 Å². The van der Waals surface area contributed by atoms with E-state index in [2.05, 4.69) is 4.52 Å². The Morgan fingerprint density at radius 3 is 1.88 bits per heavy atom. The van der Waals surface area contributed by atoms with Crippen LogP contribution in [0.2, 0.25) is 35.7 Å². The van der Waals surface area contributed by atoms with E-state index in [9.17, 15) is 44.1 Å². The van der Waals surface area contributed by atoms with Crippen molar-refractivity contribution in [2.45, 2.75) is 55.7 Å². The SMILES string of the molecule is C[Si](C)(C)CC(OP(C)(=O)Oc1ccc(Cl)cc1Cl)C(F)(F)C(F)(F)C(F)(F)C(F)(F)F. The molecular weight excluding hydrogens is 541 g/mol. The first kappa shape index (κ1) is 29.4. The predicted molar refractivity (Wildman–Crippen MR) is 105 cm³/mol. The van der Waals surface area contributed by atoms with Gasteiger partial charge in [0.15, 0.2) is 0 Å². The van der Waals surface area contributed by atoms with Gasteiger partial charge >= 0.3 is 31.5 Å². The van der Waals surface area contributed by atoms with E-state index in [0.717, 1.165) is 12.1 Å². The third-order valence-electron chi connectivity index (χ3n) is 3.85. The molecule has 1 aromatic carbocycles. The minimum absolute atomic E-state index is 0.0892. The van der Waals surface area contributed by atoms with Crippen LogP contribution in [0.4, 0.5) is 39.5 Å². The van der Waals surface area contributed by atoms with Crippen LogP contribution in [0.15, 0.2) is 18.2 Å². The number of alkyl halides is 9. The lowest BCUT2D eigenvalue weighted by Crippen LogP contribution is -2.65. The molecule has 0 aromatic heterocycles. The van der Waals surface area contributed by atoms with Crippen LogP contribution in [0, 0.1) is 0 Å². The maximum atomic E-state index is 14.6. The van der Waals surface area contributed by atoms with Crippen LogP contribution in [0.1, 0.15) is 0 Å². The molecule has 0 bridgehead atoms. The molecule has 16 heteroatoms. The van der Waals surface area contributed by atoms with Gasteiger partial charge in [-0.15, -0.1) is 0 Å². The van der Waals surface area contributed by atoms with Crippen molar-refractivity contribution in [3.8, 4) is 5.75 Å². The Hall–Kier alpha value is -0.623. The van der Waals surface area contributed by atoms with Gasteiger partial charge in [-0.1, -0.05) is 42.8 Å². The maximum absolute atomic E-state index is 14.6. The van der Waals surface area contributed by atoms with Gasteiger partial charge in [0, 0.05) is 19.8 Å². The highest BCUT2D eigenvalue weighted by atomic mass is 35.5. The smallest absolute Gasteiger partial charge is 0.423 e. The summed E-state index contributed by atoms with van der Waals surface area (Å²) in [7, 11) is -7.71. The molecule has 0 aliphatic heterocycles.